The maximum absolute atomic E-state index is 8.04. The molecule has 0 radical (unpaired) electrons. The lowest BCUT2D eigenvalue weighted by Gasteiger charge is -2.11. The maximum atomic E-state index is 8.04. The van der Waals surface area contributed by atoms with Crippen LogP contribution >= 0.6 is 0 Å². The number of hydrogen-bond acceptors (Lipinski definition) is 0. The van der Waals surface area contributed by atoms with Crippen LogP contribution in [0.15, 0.2) is 170 Å². The Balaban J connectivity index is 1.09. The van der Waals surface area contributed by atoms with Gasteiger partial charge in [0, 0.05) is 43.7 Å². The Labute approximate surface area is 314 Å². The van der Waals surface area contributed by atoms with E-state index >= 15 is 0 Å². The van der Waals surface area contributed by atoms with Gasteiger partial charge in [0.1, 0.15) is 0 Å². The van der Waals surface area contributed by atoms with Crippen LogP contribution in [0.25, 0.3) is 119 Å². The molecular formula is C51H28N4. The zero-order valence-corrected chi connectivity index (χ0v) is 29.5. The van der Waals surface area contributed by atoms with Crippen LogP contribution in [0.2, 0.25) is 0 Å². The van der Waals surface area contributed by atoms with Gasteiger partial charge < -0.3 is 13.5 Å². The van der Waals surface area contributed by atoms with Crippen molar-refractivity contribution < 1.29 is 0 Å². The van der Waals surface area contributed by atoms with E-state index in [1.54, 1.807) is 0 Å². The summed E-state index contributed by atoms with van der Waals surface area (Å²) in [7, 11) is 0. The van der Waals surface area contributed by atoms with E-state index in [1.807, 2.05) is 0 Å². The van der Waals surface area contributed by atoms with Crippen molar-refractivity contribution in [1.82, 2.24) is 13.5 Å². The molecule has 0 aliphatic heterocycles. The second kappa shape index (κ2) is 10.3. The molecule has 0 atom stereocenters. The highest BCUT2D eigenvalue weighted by Crippen LogP contribution is 2.44. The highest BCUT2D eigenvalue weighted by atomic mass is 15.0. The van der Waals surface area contributed by atoms with Crippen molar-refractivity contribution in [3.63, 3.8) is 0 Å². The first kappa shape index (κ1) is 28.9. The van der Waals surface area contributed by atoms with Crippen LogP contribution in [0.1, 0.15) is 0 Å². The van der Waals surface area contributed by atoms with Gasteiger partial charge in [-0.15, -0.1) is 0 Å². The highest BCUT2D eigenvalue weighted by molar-refractivity contribution is 6.27. The van der Waals surface area contributed by atoms with E-state index in [0.29, 0.717) is 5.69 Å². The van der Waals surface area contributed by atoms with E-state index in [4.69, 9.17) is 6.57 Å². The molecule has 0 spiro atoms. The van der Waals surface area contributed by atoms with Crippen LogP contribution in [0, 0.1) is 6.57 Å². The number of para-hydroxylation sites is 4. The minimum absolute atomic E-state index is 0.665. The van der Waals surface area contributed by atoms with Crippen LogP contribution in [0.4, 0.5) is 5.69 Å². The van der Waals surface area contributed by atoms with Crippen molar-refractivity contribution in [1.29, 1.82) is 0 Å². The number of fused-ring (bicyclic) bond motifs is 14. The Kier molecular flexibility index (Phi) is 5.41. The molecule has 55 heavy (non-hydrogen) atoms. The summed E-state index contributed by atoms with van der Waals surface area (Å²) in [6.07, 6.45) is 0. The summed E-state index contributed by atoms with van der Waals surface area (Å²) < 4.78 is 7.22. The smallest absolute Gasteiger partial charge is 0.188 e. The Morgan fingerprint density at radius 1 is 0.327 bits per heavy atom. The fourth-order valence-electron chi connectivity index (χ4n) is 9.73. The third-order valence-electron chi connectivity index (χ3n) is 12.1. The molecule has 0 amide bonds. The van der Waals surface area contributed by atoms with Gasteiger partial charge in [0.2, 0.25) is 0 Å². The molecule has 4 aromatic heterocycles. The molecule has 0 saturated heterocycles. The van der Waals surface area contributed by atoms with Gasteiger partial charge in [0.25, 0.3) is 0 Å². The van der Waals surface area contributed by atoms with Crippen LogP contribution in [0.3, 0.4) is 0 Å². The van der Waals surface area contributed by atoms with Gasteiger partial charge in [-0.25, -0.2) is 4.85 Å². The maximum Gasteiger partial charge on any atom is 0.188 e. The van der Waals surface area contributed by atoms with E-state index in [1.165, 1.54) is 81.4 Å². The lowest BCUT2D eigenvalue weighted by Crippen LogP contribution is -1.94. The van der Waals surface area contributed by atoms with E-state index in [9.17, 15) is 0 Å². The zero-order chi connectivity index (χ0) is 35.9. The molecule has 0 fully saturated rings. The van der Waals surface area contributed by atoms with Crippen LogP contribution in [-0.4, -0.2) is 13.5 Å². The summed E-state index contributed by atoms with van der Waals surface area (Å²) >= 11 is 0. The summed E-state index contributed by atoms with van der Waals surface area (Å²) in [5.41, 5.74) is 11.2. The predicted octanol–water partition coefficient (Wildman–Crippen LogP) is 13.9. The summed E-state index contributed by atoms with van der Waals surface area (Å²) in [4.78, 5) is 3.95. The van der Waals surface area contributed by atoms with Crippen molar-refractivity contribution in [3.8, 4) is 11.4 Å². The van der Waals surface area contributed by atoms with E-state index in [2.05, 4.69) is 188 Å². The Morgan fingerprint density at radius 3 is 1.13 bits per heavy atom. The number of rotatable bonds is 2. The topological polar surface area (TPSA) is 18.6 Å². The predicted molar refractivity (Wildman–Crippen MR) is 231 cm³/mol. The van der Waals surface area contributed by atoms with Gasteiger partial charge >= 0.3 is 0 Å². The minimum Gasteiger partial charge on any atom is -0.309 e. The van der Waals surface area contributed by atoms with E-state index in [0.717, 1.165) is 33.2 Å². The number of aromatic nitrogens is 3. The minimum atomic E-state index is 0.665. The molecule has 0 bridgehead atoms. The van der Waals surface area contributed by atoms with Crippen molar-refractivity contribution in [2.24, 2.45) is 0 Å². The average Bonchev–Trinajstić information content (AvgIpc) is 3.95. The molecule has 0 aliphatic carbocycles. The van der Waals surface area contributed by atoms with Gasteiger partial charge in [-0.3, -0.25) is 0 Å². The molecule has 4 nitrogen and oxygen atoms in total. The quantitative estimate of drug-likeness (QED) is 0.160. The molecule has 0 unspecified atom stereocenters. The largest absolute Gasteiger partial charge is 0.309 e. The zero-order valence-electron chi connectivity index (χ0n) is 29.5. The van der Waals surface area contributed by atoms with Crippen molar-refractivity contribution in [3.05, 3.63) is 181 Å². The number of nitrogens with zero attached hydrogens (tertiary/aromatic N) is 4. The SMILES string of the molecule is [C-]#[N+]c1cc2c3cc4ccc(-n5c6ccccc6c6ccccc65)cc4cc3n3c4cc5cc(-n6c7ccccc7c7ccccc76)ccc5cc4c(c1)c23. The average molecular weight is 697 g/mol. The standard InChI is InChI=1S/C51H28N4/c1-52-34-28-43-41-24-30-18-20-35(53-45-14-6-2-10-37(45)38-11-3-7-15-46(38)53)22-32(30)26-49(41)55-50-27-33-23-36(21-19-31(33)25-42(50)44(29-34)51(43)55)54-47-16-8-4-12-39(47)40-13-5-9-17-48(40)54/h2-29H. The second-order valence-corrected chi connectivity index (χ2v) is 14.9. The molecule has 13 aromatic rings. The molecule has 0 aliphatic rings. The Hall–Kier alpha value is -7.61. The molecule has 0 saturated carbocycles. The number of benzene rings is 9. The van der Waals surface area contributed by atoms with Crippen LogP contribution < -0.4 is 0 Å². The number of hydrogen-bond donors (Lipinski definition) is 0. The summed E-state index contributed by atoms with van der Waals surface area (Å²) in [5.74, 6) is 0. The van der Waals surface area contributed by atoms with Crippen LogP contribution in [0.5, 0.6) is 0 Å². The first-order valence-electron chi connectivity index (χ1n) is 18.7. The molecule has 4 heteroatoms. The molecule has 0 N–H and O–H groups in total. The fourth-order valence-corrected chi connectivity index (χ4v) is 9.73. The lowest BCUT2D eigenvalue weighted by molar-refractivity contribution is 1.19. The van der Waals surface area contributed by atoms with E-state index < -0.39 is 0 Å². The molecule has 4 heterocycles. The Morgan fingerprint density at radius 2 is 0.727 bits per heavy atom. The lowest BCUT2D eigenvalue weighted by atomic mass is 10.0. The highest BCUT2D eigenvalue weighted by Gasteiger charge is 2.21. The van der Waals surface area contributed by atoms with Crippen molar-refractivity contribution in [2.45, 2.75) is 0 Å². The second-order valence-electron chi connectivity index (χ2n) is 14.9. The van der Waals surface area contributed by atoms with Crippen molar-refractivity contribution in [2.75, 3.05) is 0 Å². The Bertz CT molecular complexity index is 3500. The third-order valence-corrected chi connectivity index (χ3v) is 12.1. The van der Waals surface area contributed by atoms with Crippen LogP contribution in [-0.2, 0) is 0 Å². The summed E-state index contributed by atoms with van der Waals surface area (Å²) in [6, 6.07) is 61.9. The van der Waals surface area contributed by atoms with Crippen molar-refractivity contribution >= 4 is 109 Å². The summed E-state index contributed by atoms with van der Waals surface area (Å²) in [6.45, 7) is 8.04. The monoisotopic (exact) mass is 696 g/mol. The summed E-state index contributed by atoms with van der Waals surface area (Å²) in [5, 5.41) is 14.3. The van der Waals surface area contributed by atoms with Gasteiger partial charge in [-0.1, -0.05) is 84.9 Å². The fraction of sp³-hybridized carbons (Fsp3) is 0. The third kappa shape index (κ3) is 3.74. The van der Waals surface area contributed by atoms with E-state index in [-0.39, 0.29) is 0 Å². The first-order chi connectivity index (χ1) is 27.2. The first-order valence-corrected chi connectivity index (χ1v) is 18.7. The molecule has 9 aromatic carbocycles. The van der Waals surface area contributed by atoms with Gasteiger partial charge in [0.05, 0.1) is 45.2 Å². The van der Waals surface area contributed by atoms with Gasteiger partial charge in [-0.2, -0.15) is 0 Å². The normalized spacial score (nSPS) is 12.3. The van der Waals surface area contributed by atoms with Gasteiger partial charge in [-0.05, 0) is 117 Å². The van der Waals surface area contributed by atoms with Gasteiger partial charge in [0.15, 0.2) is 5.69 Å². The molecule has 13 rings (SSSR count). The molecular weight excluding hydrogens is 669 g/mol. The molecule has 252 valence electrons.